The molecule has 0 aromatic carbocycles. The van der Waals surface area contributed by atoms with Crippen molar-refractivity contribution in [2.75, 3.05) is 18.4 Å². The van der Waals surface area contributed by atoms with Crippen LogP contribution < -0.4 is 5.32 Å². The van der Waals surface area contributed by atoms with Gasteiger partial charge in [-0.25, -0.2) is 4.79 Å². The van der Waals surface area contributed by atoms with Gasteiger partial charge < -0.3 is 10.1 Å². The standard InChI is InChI=1S/C5H7Cl2NO2/c6-1-5(2-7)3-10-4(9)8-5/h1-3H2,(H,8,9). The zero-order valence-electron chi connectivity index (χ0n) is 5.19. The summed E-state index contributed by atoms with van der Waals surface area (Å²) in [5.74, 6) is 0.560. The highest BCUT2D eigenvalue weighted by molar-refractivity contribution is 6.22. The number of amides is 1. The lowest BCUT2D eigenvalue weighted by Crippen LogP contribution is -2.47. The molecule has 1 N–H and O–H groups in total. The topological polar surface area (TPSA) is 38.3 Å². The second-order valence-electron chi connectivity index (χ2n) is 2.25. The van der Waals surface area contributed by atoms with Crippen LogP contribution in [0.3, 0.4) is 0 Å². The Hall–Kier alpha value is -0.150. The Morgan fingerprint density at radius 3 is 2.40 bits per heavy atom. The molecule has 1 rings (SSSR count). The predicted molar refractivity (Wildman–Crippen MR) is 38.7 cm³/mol. The van der Waals surface area contributed by atoms with Gasteiger partial charge in [-0.1, -0.05) is 0 Å². The molecule has 1 aliphatic heterocycles. The van der Waals surface area contributed by atoms with Crippen molar-refractivity contribution in [1.29, 1.82) is 0 Å². The third kappa shape index (κ3) is 1.30. The lowest BCUT2D eigenvalue weighted by Gasteiger charge is -2.19. The minimum Gasteiger partial charge on any atom is -0.447 e. The molecule has 5 heteroatoms. The number of hydrogen-bond acceptors (Lipinski definition) is 2. The van der Waals surface area contributed by atoms with Crippen molar-refractivity contribution in [2.45, 2.75) is 5.54 Å². The van der Waals surface area contributed by atoms with E-state index in [1.54, 1.807) is 0 Å². The first-order valence-corrected chi connectivity index (χ1v) is 3.86. The lowest BCUT2D eigenvalue weighted by molar-refractivity contribution is 0.174. The molecule has 0 atom stereocenters. The molecule has 1 heterocycles. The summed E-state index contributed by atoms with van der Waals surface area (Å²) in [5, 5.41) is 2.54. The largest absolute Gasteiger partial charge is 0.447 e. The van der Waals surface area contributed by atoms with Crippen molar-refractivity contribution in [1.82, 2.24) is 5.32 Å². The van der Waals surface area contributed by atoms with Gasteiger partial charge in [0.25, 0.3) is 0 Å². The van der Waals surface area contributed by atoms with Crippen LogP contribution in [0.2, 0.25) is 0 Å². The quantitative estimate of drug-likeness (QED) is 0.648. The van der Waals surface area contributed by atoms with E-state index in [4.69, 9.17) is 23.2 Å². The van der Waals surface area contributed by atoms with Gasteiger partial charge in [0, 0.05) is 0 Å². The molecular formula is C5H7Cl2NO2. The second-order valence-corrected chi connectivity index (χ2v) is 2.78. The first-order chi connectivity index (χ1) is 4.72. The Balaban J connectivity index is 2.59. The minimum atomic E-state index is -0.541. The smallest absolute Gasteiger partial charge is 0.407 e. The van der Waals surface area contributed by atoms with E-state index >= 15 is 0 Å². The molecule has 1 aliphatic rings. The van der Waals surface area contributed by atoms with Gasteiger partial charge in [-0.05, 0) is 0 Å². The number of halogens is 2. The van der Waals surface area contributed by atoms with Gasteiger partial charge in [-0.15, -0.1) is 23.2 Å². The van der Waals surface area contributed by atoms with Crippen LogP contribution in [0, 0.1) is 0 Å². The molecule has 0 aromatic heterocycles. The third-order valence-corrected chi connectivity index (χ3v) is 2.38. The van der Waals surface area contributed by atoms with Crippen LogP contribution in [0.4, 0.5) is 4.79 Å². The number of carbonyl (C=O) groups excluding carboxylic acids is 1. The van der Waals surface area contributed by atoms with Gasteiger partial charge in [-0.3, -0.25) is 0 Å². The zero-order chi connectivity index (χ0) is 7.61. The molecule has 0 unspecified atom stereocenters. The zero-order valence-corrected chi connectivity index (χ0v) is 6.71. The van der Waals surface area contributed by atoms with Crippen LogP contribution in [0.15, 0.2) is 0 Å². The van der Waals surface area contributed by atoms with Crippen molar-refractivity contribution < 1.29 is 9.53 Å². The maximum absolute atomic E-state index is 10.5. The van der Waals surface area contributed by atoms with Gasteiger partial charge in [0.05, 0.1) is 11.8 Å². The van der Waals surface area contributed by atoms with Gasteiger partial charge >= 0.3 is 6.09 Å². The van der Waals surface area contributed by atoms with E-state index in [9.17, 15) is 4.79 Å². The van der Waals surface area contributed by atoms with Crippen molar-refractivity contribution in [2.24, 2.45) is 0 Å². The molecule has 58 valence electrons. The normalized spacial score (nSPS) is 22.0. The summed E-state index contributed by atoms with van der Waals surface area (Å²) in [6, 6.07) is 0. The van der Waals surface area contributed by atoms with Gasteiger partial charge in [0.2, 0.25) is 0 Å². The van der Waals surface area contributed by atoms with E-state index in [-0.39, 0.29) is 18.4 Å². The van der Waals surface area contributed by atoms with Crippen molar-refractivity contribution in [3.05, 3.63) is 0 Å². The summed E-state index contributed by atoms with van der Waals surface area (Å²) in [6.07, 6.45) is -0.443. The summed E-state index contributed by atoms with van der Waals surface area (Å²) in [7, 11) is 0. The first kappa shape index (κ1) is 7.95. The highest BCUT2D eigenvalue weighted by Gasteiger charge is 2.37. The van der Waals surface area contributed by atoms with Crippen LogP contribution in [-0.4, -0.2) is 30.0 Å². The number of ether oxygens (including phenoxy) is 1. The molecule has 0 bridgehead atoms. The fourth-order valence-corrected chi connectivity index (χ4v) is 1.25. The summed E-state index contributed by atoms with van der Waals surface area (Å²) < 4.78 is 4.63. The molecule has 0 radical (unpaired) electrons. The molecule has 0 spiro atoms. The summed E-state index contributed by atoms with van der Waals surface area (Å²) in [4.78, 5) is 10.5. The van der Waals surface area contributed by atoms with E-state index in [1.807, 2.05) is 0 Å². The monoisotopic (exact) mass is 183 g/mol. The van der Waals surface area contributed by atoms with Crippen molar-refractivity contribution in [3.63, 3.8) is 0 Å². The van der Waals surface area contributed by atoms with E-state index in [1.165, 1.54) is 0 Å². The van der Waals surface area contributed by atoms with Crippen LogP contribution >= 0.6 is 23.2 Å². The van der Waals surface area contributed by atoms with Gasteiger partial charge in [-0.2, -0.15) is 0 Å². The second kappa shape index (κ2) is 2.84. The molecule has 10 heavy (non-hydrogen) atoms. The maximum Gasteiger partial charge on any atom is 0.407 e. The molecule has 1 amide bonds. The lowest BCUT2D eigenvalue weighted by atomic mass is 10.1. The number of cyclic esters (lactones) is 1. The molecule has 0 aromatic rings. The van der Waals surface area contributed by atoms with Gasteiger partial charge in [0.1, 0.15) is 12.1 Å². The Kier molecular flexibility index (Phi) is 2.26. The first-order valence-electron chi connectivity index (χ1n) is 2.79. The highest BCUT2D eigenvalue weighted by Crippen LogP contribution is 2.16. The van der Waals surface area contributed by atoms with Gasteiger partial charge in [0.15, 0.2) is 0 Å². The fourth-order valence-electron chi connectivity index (χ4n) is 0.672. The number of alkyl halides is 2. The van der Waals surface area contributed by atoms with Crippen molar-refractivity contribution >= 4 is 29.3 Å². The van der Waals surface area contributed by atoms with Crippen LogP contribution in [0.1, 0.15) is 0 Å². The highest BCUT2D eigenvalue weighted by atomic mass is 35.5. The van der Waals surface area contributed by atoms with E-state index in [0.29, 0.717) is 0 Å². The molecular weight excluding hydrogens is 177 g/mol. The third-order valence-electron chi connectivity index (χ3n) is 1.36. The predicted octanol–water partition coefficient (Wildman–Crippen LogP) is 0.943. The number of rotatable bonds is 2. The number of nitrogens with one attached hydrogen (secondary N) is 1. The van der Waals surface area contributed by atoms with E-state index in [2.05, 4.69) is 10.1 Å². The Labute approximate surface area is 68.6 Å². The number of alkyl carbamates (subject to hydrolysis) is 1. The van der Waals surface area contributed by atoms with E-state index in [0.717, 1.165) is 0 Å². The summed E-state index contributed by atoms with van der Waals surface area (Å²) in [6.45, 7) is 0.263. The molecule has 0 saturated carbocycles. The van der Waals surface area contributed by atoms with Crippen LogP contribution in [0.25, 0.3) is 0 Å². The van der Waals surface area contributed by atoms with Crippen molar-refractivity contribution in [3.8, 4) is 0 Å². The average Bonchev–Trinajstić information content (AvgIpc) is 2.33. The Morgan fingerprint density at radius 1 is 1.60 bits per heavy atom. The Morgan fingerprint density at radius 2 is 2.20 bits per heavy atom. The fraction of sp³-hybridized carbons (Fsp3) is 0.800. The SMILES string of the molecule is O=C1NC(CCl)(CCl)CO1. The molecule has 1 fully saturated rings. The van der Waals surface area contributed by atoms with Crippen LogP contribution in [0.5, 0.6) is 0 Å². The average molecular weight is 184 g/mol. The molecule has 0 aliphatic carbocycles. The van der Waals surface area contributed by atoms with Crippen LogP contribution in [-0.2, 0) is 4.74 Å². The molecule has 1 saturated heterocycles. The molecule has 3 nitrogen and oxygen atoms in total. The summed E-state index contributed by atoms with van der Waals surface area (Å²) >= 11 is 11.1. The number of hydrogen-bond donors (Lipinski definition) is 1. The summed E-state index contributed by atoms with van der Waals surface area (Å²) in [5.41, 5.74) is -0.541. The van der Waals surface area contributed by atoms with E-state index < -0.39 is 11.6 Å². The Bertz CT molecular complexity index is 147. The minimum absolute atomic E-state index is 0.263. The maximum atomic E-state index is 10.5. The number of carbonyl (C=O) groups is 1.